The zero-order valence-corrected chi connectivity index (χ0v) is 11.2. The number of nitrogens with zero attached hydrogens (tertiary/aromatic N) is 3. The largest absolute Gasteiger partial charge is 0.378 e. The lowest BCUT2D eigenvalue weighted by Crippen LogP contribution is -2.08. The summed E-state index contributed by atoms with van der Waals surface area (Å²) in [4.78, 5) is 10.0. The van der Waals surface area contributed by atoms with Crippen LogP contribution in [0.25, 0.3) is 11.4 Å². The highest BCUT2D eigenvalue weighted by molar-refractivity contribution is 6.29. The number of aryl methyl sites for hydroxylation is 1. The van der Waals surface area contributed by atoms with E-state index in [-0.39, 0.29) is 10.8 Å². The molecular weight excluding hydrogens is 253 g/mol. The van der Waals surface area contributed by atoms with Crippen molar-refractivity contribution in [2.75, 3.05) is 19.0 Å². The van der Waals surface area contributed by atoms with Crippen molar-refractivity contribution in [2.45, 2.75) is 6.92 Å². The van der Waals surface area contributed by atoms with Crippen LogP contribution in [0.15, 0.2) is 24.3 Å². The van der Waals surface area contributed by atoms with E-state index in [1.165, 1.54) is 0 Å². The second kappa shape index (κ2) is 4.90. The number of aromatic nitrogens is 2. The van der Waals surface area contributed by atoms with E-state index in [9.17, 15) is 4.39 Å². The van der Waals surface area contributed by atoms with E-state index < -0.39 is 5.82 Å². The first-order chi connectivity index (χ1) is 8.49. The molecule has 1 aromatic carbocycles. The van der Waals surface area contributed by atoms with Crippen LogP contribution < -0.4 is 4.90 Å². The van der Waals surface area contributed by atoms with Gasteiger partial charge in [-0.25, -0.2) is 14.4 Å². The van der Waals surface area contributed by atoms with Crippen molar-refractivity contribution < 1.29 is 4.39 Å². The van der Waals surface area contributed by atoms with E-state index in [2.05, 4.69) is 9.97 Å². The summed E-state index contributed by atoms with van der Waals surface area (Å²) in [6.45, 7) is 1.57. The van der Waals surface area contributed by atoms with E-state index >= 15 is 0 Å². The first-order valence-corrected chi connectivity index (χ1v) is 5.84. The van der Waals surface area contributed by atoms with Crippen LogP contribution in [0, 0.1) is 12.7 Å². The molecule has 0 fully saturated rings. The fourth-order valence-electron chi connectivity index (χ4n) is 1.56. The smallest absolute Gasteiger partial charge is 0.181 e. The van der Waals surface area contributed by atoms with Crippen molar-refractivity contribution in [3.8, 4) is 11.4 Å². The van der Waals surface area contributed by atoms with Gasteiger partial charge in [-0.2, -0.15) is 0 Å². The Labute approximate surface area is 110 Å². The molecule has 0 bridgehead atoms. The van der Waals surface area contributed by atoms with E-state index in [4.69, 9.17) is 11.6 Å². The minimum Gasteiger partial charge on any atom is -0.378 e. The van der Waals surface area contributed by atoms with Gasteiger partial charge in [-0.1, -0.05) is 11.6 Å². The van der Waals surface area contributed by atoms with Crippen molar-refractivity contribution >= 4 is 17.3 Å². The van der Waals surface area contributed by atoms with Crippen LogP contribution in [0.3, 0.4) is 0 Å². The molecule has 0 aliphatic carbocycles. The quantitative estimate of drug-likeness (QED) is 0.780. The second-order valence-electron chi connectivity index (χ2n) is 4.18. The molecule has 0 atom stereocenters. The Balaban J connectivity index is 2.43. The summed E-state index contributed by atoms with van der Waals surface area (Å²) in [7, 11) is 3.93. The second-order valence-corrected chi connectivity index (χ2v) is 4.54. The molecule has 0 spiro atoms. The van der Waals surface area contributed by atoms with Gasteiger partial charge in [0.2, 0.25) is 0 Å². The Bertz CT molecular complexity index is 544. The topological polar surface area (TPSA) is 29.0 Å². The number of rotatable bonds is 2. The average Bonchev–Trinajstić information content (AvgIpc) is 2.35. The van der Waals surface area contributed by atoms with Crippen molar-refractivity contribution in [2.24, 2.45) is 0 Å². The predicted molar refractivity (Wildman–Crippen MR) is 71.5 cm³/mol. The summed E-state index contributed by atoms with van der Waals surface area (Å²) in [6.07, 6.45) is 0. The molecule has 1 heterocycles. The van der Waals surface area contributed by atoms with E-state index in [0.717, 1.165) is 11.3 Å². The third-order valence-electron chi connectivity index (χ3n) is 2.62. The molecule has 3 nitrogen and oxygen atoms in total. The highest BCUT2D eigenvalue weighted by Gasteiger charge is 2.10. The number of halogens is 2. The Hall–Kier alpha value is -1.68. The van der Waals surface area contributed by atoms with Gasteiger partial charge in [-0.15, -0.1) is 0 Å². The van der Waals surface area contributed by atoms with Crippen LogP contribution >= 0.6 is 11.6 Å². The van der Waals surface area contributed by atoms with Gasteiger partial charge in [0.1, 0.15) is 0 Å². The fraction of sp³-hybridized carbons (Fsp3) is 0.231. The highest BCUT2D eigenvalue weighted by atomic mass is 35.5. The van der Waals surface area contributed by atoms with Gasteiger partial charge in [0.25, 0.3) is 0 Å². The molecule has 94 valence electrons. The van der Waals surface area contributed by atoms with E-state index in [0.29, 0.717) is 5.82 Å². The average molecular weight is 266 g/mol. The van der Waals surface area contributed by atoms with Gasteiger partial charge >= 0.3 is 0 Å². The Morgan fingerprint density at radius 3 is 2.22 bits per heavy atom. The highest BCUT2D eigenvalue weighted by Crippen LogP contribution is 2.23. The van der Waals surface area contributed by atoms with Crippen LogP contribution in [0.5, 0.6) is 0 Å². The van der Waals surface area contributed by atoms with E-state index in [1.807, 2.05) is 43.3 Å². The maximum Gasteiger partial charge on any atom is 0.181 e. The minimum atomic E-state index is -0.565. The lowest BCUT2D eigenvalue weighted by Gasteiger charge is -2.12. The maximum absolute atomic E-state index is 13.3. The minimum absolute atomic E-state index is 0.144. The molecule has 0 saturated carbocycles. The van der Waals surface area contributed by atoms with Crippen LogP contribution in [-0.2, 0) is 0 Å². The molecule has 0 aliphatic heterocycles. The molecule has 5 heteroatoms. The standard InChI is InChI=1S/C13H13ClFN3/c1-8-11(15)12(14)17-13(16-8)9-4-6-10(7-5-9)18(2)3/h4-7H,1-3H3. The van der Waals surface area contributed by atoms with Crippen molar-refractivity contribution in [3.05, 3.63) is 40.9 Å². The molecule has 0 amide bonds. The lowest BCUT2D eigenvalue weighted by molar-refractivity contribution is 0.603. The number of hydrogen-bond donors (Lipinski definition) is 0. The first kappa shape index (κ1) is 12.8. The Morgan fingerprint density at radius 1 is 1.11 bits per heavy atom. The Morgan fingerprint density at radius 2 is 1.72 bits per heavy atom. The summed E-state index contributed by atoms with van der Waals surface area (Å²) in [5.41, 5.74) is 2.14. The number of benzene rings is 1. The summed E-state index contributed by atoms with van der Waals surface area (Å²) in [5, 5.41) is -0.144. The zero-order chi connectivity index (χ0) is 13.3. The van der Waals surface area contributed by atoms with Crippen LogP contribution in [0.2, 0.25) is 5.15 Å². The molecule has 0 radical (unpaired) electrons. The third kappa shape index (κ3) is 2.43. The summed E-state index contributed by atoms with van der Waals surface area (Å²) in [5.74, 6) is -0.130. The molecule has 2 rings (SSSR count). The SMILES string of the molecule is Cc1nc(-c2ccc(N(C)C)cc2)nc(Cl)c1F. The van der Waals surface area contributed by atoms with Gasteiger partial charge in [-0.3, -0.25) is 0 Å². The third-order valence-corrected chi connectivity index (χ3v) is 2.87. The van der Waals surface area contributed by atoms with Gasteiger partial charge in [-0.05, 0) is 31.2 Å². The predicted octanol–water partition coefficient (Wildman–Crippen LogP) is 3.31. The number of anilines is 1. The van der Waals surface area contributed by atoms with Crippen molar-refractivity contribution in [1.29, 1.82) is 0 Å². The van der Waals surface area contributed by atoms with Gasteiger partial charge in [0.05, 0.1) is 5.69 Å². The summed E-state index contributed by atoms with van der Waals surface area (Å²) >= 11 is 5.72. The molecule has 1 aromatic heterocycles. The Kier molecular flexibility index (Phi) is 3.48. The van der Waals surface area contributed by atoms with Crippen LogP contribution in [0.4, 0.5) is 10.1 Å². The first-order valence-electron chi connectivity index (χ1n) is 5.46. The normalized spacial score (nSPS) is 10.5. The monoisotopic (exact) mass is 265 g/mol. The lowest BCUT2D eigenvalue weighted by atomic mass is 10.2. The molecule has 2 aromatic rings. The van der Waals surface area contributed by atoms with Gasteiger partial charge in [0, 0.05) is 25.3 Å². The molecule has 18 heavy (non-hydrogen) atoms. The number of hydrogen-bond acceptors (Lipinski definition) is 3. The summed E-state index contributed by atoms with van der Waals surface area (Å²) in [6, 6.07) is 7.67. The molecule has 0 unspecified atom stereocenters. The molecule has 0 aliphatic rings. The van der Waals surface area contributed by atoms with Crippen LogP contribution in [0.1, 0.15) is 5.69 Å². The van der Waals surface area contributed by atoms with E-state index in [1.54, 1.807) is 6.92 Å². The van der Waals surface area contributed by atoms with Gasteiger partial charge in [0.15, 0.2) is 16.8 Å². The maximum atomic E-state index is 13.3. The molecular formula is C13H13ClFN3. The molecule has 0 saturated heterocycles. The van der Waals surface area contributed by atoms with Crippen molar-refractivity contribution in [1.82, 2.24) is 9.97 Å². The zero-order valence-electron chi connectivity index (χ0n) is 10.4. The van der Waals surface area contributed by atoms with Crippen molar-refractivity contribution in [3.63, 3.8) is 0 Å². The summed E-state index contributed by atoms with van der Waals surface area (Å²) < 4.78 is 13.3. The van der Waals surface area contributed by atoms with Gasteiger partial charge < -0.3 is 4.90 Å². The molecule has 0 N–H and O–H groups in total. The fourth-order valence-corrected chi connectivity index (χ4v) is 1.78. The van der Waals surface area contributed by atoms with Crippen LogP contribution in [-0.4, -0.2) is 24.1 Å².